The first-order chi connectivity index (χ1) is 8.54. The van der Waals surface area contributed by atoms with Crippen molar-refractivity contribution in [2.45, 2.75) is 13.3 Å². The molecule has 0 radical (unpaired) electrons. The number of aromatic amines is 1. The van der Waals surface area contributed by atoms with Gasteiger partial charge < -0.3 is 4.98 Å². The normalized spacial score (nSPS) is 10.4. The minimum absolute atomic E-state index is 0.166. The monoisotopic (exact) mass is 283 g/mol. The molecule has 2 rings (SSSR count). The highest BCUT2D eigenvalue weighted by Gasteiger charge is 2.06. The Morgan fingerprint density at radius 3 is 2.89 bits per heavy atom. The Morgan fingerprint density at radius 1 is 1.44 bits per heavy atom. The van der Waals surface area contributed by atoms with E-state index in [0.29, 0.717) is 22.4 Å². The van der Waals surface area contributed by atoms with Crippen LogP contribution in [-0.4, -0.2) is 15.9 Å². The summed E-state index contributed by atoms with van der Waals surface area (Å²) in [5.41, 5.74) is 1.81. The van der Waals surface area contributed by atoms with Crippen LogP contribution in [0.1, 0.15) is 18.2 Å². The third kappa shape index (κ3) is 3.24. The molecular weight excluding hydrogens is 273 g/mol. The zero-order valence-corrected chi connectivity index (χ0v) is 11.1. The van der Waals surface area contributed by atoms with E-state index in [2.05, 4.69) is 15.3 Å². The number of anilines is 1. The molecule has 0 fully saturated rings. The average Bonchev–Trinajstić information content (AvgIpc) is 2.69. The molecule has 94 valence electrons. The summed E-state index contributed by atoms with van der Waals surface area (Å²) in [4.78, 5) is 17.9. The molecule has 18 heavy (non-hydrogen) atoms. The van der Waals surface area contributed by atoms with Crippen LogP contribution in [0.25, 0.3) is 0 Å². The molecule has 0 aliphatic carbocycles. The predicted octanol–water partition coefficient (Wildman–Crippen LogP) is 3.27. The lowest BCUT2D eigenvalue weighted by molar-refractivity contribution is -0.114. The van der Waals surface area contributed by atoms with Crippen LogP contribution in [-0.2, 0) is 11.2 Å². The van der Waals surface area contributed by atoms with Crippen LogP contribution in [0.3, 0.4) is 0 Å². The molecule has 0 unspecified atom stereocenters. The van der Waals surface area contributed by atoms with Gasteiger partial charge in [0.05, 0.1) is 6.20 Å². The van der Waals surface area contributed by atoms with E-state index < -0.39 is 0 Å². The van der Waals surface area contributed by atoms with Crippen LogP contribution in [0.5, 0.6) is 0 Å². The molecule has 0 atom stereocenters. The summed E-state index contributed by atoms with van der Waals surface area (Å²) in [5.74, 6) is 0.267. The van der Waals surface area contributed by atoms with Crippen LogP contribution in [0.15, 0.2) is 24.4 Å². The molecule has 0 aliphatic rings. The van der Waals surface area contributed by atoms with Crippen LogP contribution in [0.4, 0.5) is 5.95 Å². The maximum atomic E-state index is 10.9. The van der Waals surface area contributed by atoms with Gasteiger partial charge in [-0.3, -0.25) is 10.1 Å². The molecule has 2 N–H and O–H groups in total. The van der Waals surface area contributed by atoms with Crippen LogP contribution in [0.2, 0.25) is 10.0 Å². The SMILES string of the molecule is CC(=O)Nc1ncc(Cc2ccc(Cl)cc2Cl)[nH]1. The van der Waals surface area contributed by atoms with Gasteiger partial charge >= 0.3 is 0 Å². The Kier molecular flexibility index (Phi) is 3.89. The highest BCUT2D eigenvalue weighted by molar-refractivity contribution is 6.35. The quantitative estimate of drug-likeness (QED) is 0.908. The number of nitrogens with one attached hydrogen (secondary N) is 2. The first kappa shape index (κ1) is 12.9. The summed E-state index contributed by atoms with van der Waals surface area (Å²) in [5, 5.41) is 3.79. The molecule has 1 aromatic carbocycles. The van der Waals surface area contributed by atoms with Gasteiger partial charge in [-0.25, -0.2) is 4.98 Å². The fourth-order valence-electron chi connectivity index (χ4n) is 1.55. The van der Waals surface area contributed by atoms with Crippen molar-refractivity contribution in [2.75, 3.05) is 5.32 Å². The molecule has 0 bridgehead atoms. The molecule has 6 heteroatoms. The summed E-state index contributed by atoms with van der Waals surface area (Å²) in [6, 6.07) is 5.35. The number of hydrogen-bond acceptors (Lipinski definition) is 2. The Labute approximate surface area is 114 Å². The molecule has 0 saturated heterocycles. The summed E-state index contributed by atoms with van der Waals surface area (Å²) >= 11 is 11.9. The van der Waals surface area contributed by atoms with Crippen molar-refractivity contribution in [1.82, 2.24) is 9.97 Å². The number of halogens is 2. The molecule has 4 nitrogen and oxygen atoms in total. The first-order valence-electron chi connectivity index (χ1n) is 5.30. The summed E-state index contributed by atoms with van der Waals surface area (Å²) in [6.07, 6.45) is 2.26. The van der Waals surface area contributed by atoms with Crippen molar-refractivity contribution in [2.24, 2.45) is 0 Å². The third-order valence-electron chi connectivity index (χ3n) is 2.32. The molecule has 1 heterocycles. The van der Waals surface area contributed by atoms with Crippen LogP contribution >= 0.6 is 23.2 Å². The second kappa shape index (κ2) is 5.42. The molecule has 0 spiro atoms. The summed E-state index contributed by atoms with van der Waals surface area (Å²) < 4.78 is 0. The number of nitrogens with zero attached hydrogens (tertiary/aromatic N) is 1. The van der Waals surface area contributed by atoms with Gasteiger partial charge in [0.25, 0.3) is 0 Å². The lowest BCUT2D eigenvalue weighted by Gasteiger charge is -2.02. The van der Waals surface area contributed by atoms with Gasteiger partial charge in [-0.1, -0.05) is 29.3 Å². The van der Waals surface area contributed by atoms with Crippen molar-refractivity contribution < 1.29 is 4.79 Å². The number of aromatic nitrogens is 2. The van der Waals surface area contributed by atoms with E-state index in [1.807, 2.05) is 6.07 Å². The zero-order chi connectivity index (χ0) is 13.1. The maximum Gasteiger partial charge on any atom is 0.223 e. The first-order valence-corrected chi connectivity index (χ1v) is 6.05. The van der Waals surface area contributed by atoms with Crippen molar-refractivity contribution in [3.8, 4) is 0 Å². The molecule has 0 aliphatic heterocycles. The molecule has 1 amide bonds. The van der Waals surface area contributed by atoms with Crippen molar-refractivity contribution >= 4 is 35.1 Å². The van der Waals surface area contributed by atoms with Gasteiger partial charge in [-0.15, -0.1) is 0 Å². The lowest BCUT2D eigenvalue weighted by atomic mass is 10.1. The van der Waals surface area contributed by atoms with Crippen LogP contribution in [0, 0.1) is 0 Å². The molecular formula is C12H11Cl2N3O. The Balaban J connectivity index is 2.13. The average molecular weight is 284 g/mol. The summed E-state index contributed by atoms with van der Waals surface area (Å²) in [7, 11) is 0. The van der Waals surface area contributed by atoms with Crippen molar-refractivity contribution in [3.63, 3.8) is 0 Å². The van der Waals surface area contributed by atoms with E-state index in [1.165, 1.54) is 6.92 Å². The van der Waals surface area contributed by atoms with Gasteiger partial charge in [-0.05, 0) is 17.7 Å². The molecule has 2 aromatic rings. The number of benzene rings is 1. The second-order valence-electron chi connectivity index (χ2n) is 3.85. The van der Waals surface area contributed by atoms with E-state index in [0.717, 1.165) is 11.3 Å². The number of hydrogen-bond donors (Lipinski definition) is 2. The van der Waals surface area contributed by atoms with E-state index >= 15 is 0 Å². The Bertz CT molecular complexity index is 580. The number of H-pyrrole nitrogens is 1. The smallest absolute Gasteiger partial charge is 0.223 e. The highest BCUT2D eigenvalue weighted by Crippen LogP contribution is 2.23. The van der Waals surface area contributed by atoms with E-state index in [4.69, 9.17) is 23.2 Å². The van der Waals surface area contributed by atoms with Crippen molar-refractivity contribution in [3.05, 3.63) is 45.7 Å². The van der Waals surface area contributed by atoms with Gasteiger partial charge in [-0.2, -0.15) is 0 Å². The van der Waals surface area contributed by atoms with Gasteiger partial charge in [0, 0.05) is 29.1 Å². The maximum absolute atomic E-state index is 10.9. The topological polar surface area (TPSA) is 57.8 Å². The number of imidazole rings is 1. The number of carbonyl (C=O) groups is 1. The third-order valence-corrected chi connectivity index (χ3v) is 2.91. The van der Waals surface area contributed by atoms with E-state index in [-0.39, 0.29) is 5.91 Å². The van der Waals surface area contributed by atoms with E-state index in [1.54, 1.807) is 18.3 Å². The largest absolute Gasteiger partial charge is 0.328 e. The fraction of sp³-hybridized carbons (Fsp3) is 0.167. The van der Waals surface area contributed by atoms with Gasteiger partial charge in [0.1, 0.15) is 0 Å². The fourth-order valence-corrected chi connectivity index (χ4v) is 2.02. The van der Waals surface area contributed by atoms with Crippen LogP contribution < -0.4 is 5.32 Å². The minimum Gasteiger partial charge on any atom is -0.328 e. The van der Waals surface area contributed by atoms with Gasteiger partial charge in [0.2, 0.25) is 11.9 Å². The van der Waals surface area contributed by atoms with E-state index in [9.17, 15) is 4.79 Å². The lowest BCUT2D eigenvalue weighted by Crippen LogP contribution is -2.07. The number of rotatable bonds is 3. The standard InChI is InChI=1S/C12H11Cl2N3O/c1-7(18)16-12-15-6-10(17-12)4-8-2-3-9(13)5-11(8)14/h2-3,5-6H,4H2,1H3,(H2,15,16,17,18). The molecule has 1 aromatic heterocycles. The van der Waals surface area contributed by atoms with Crippen molar-refractivity contribution in [1.29, 1.82) is 0 Å². The van der Waals surface area contributed by atoms with Gasteiger partial charge in [0.15, 0.2) is 0 Å². The molecule has 0 saturated carbocycles. The number of amides is 1. The minimum atomic E-state index is -0.166. The second-order valence-corrected chi connectivity index (χ2v) is 4.69. The number of carbonyl (C=O) groups excluding carboxylic acids is 1. The Hall–Kier alpha value is -1.52. The summed E-state index contributed by atoms with van der Waals surface area (Å²) in [6.45, 7) is 1.43. The predicted molar refractivity (Wildman–Crippen MR) is 72.2 cm³/mol. The zero-order valence-electron chi connectivity index (χ0n) is 9.63. The Morgan fingerprint density at radius 2 is 2.22 bits per heavy atom. The highest BCUT2D eigenvalue weighted by atomic mass is 35.5.